The Morgan fingerprint density at radius 3 is 2.28 bits per heavy atom. The largest absolute Gasteiger partial charge is 0.394 e. The van der Waals surface area contributed by atoms with Crippen LogP contribution in [0.15, 0.2) is 0 Å². The summed E-state index contributed by atoms with van der Waals surface area (Å²) >= 11 is 0. The molecular weight excluding hydrogens is 234 g/mol. The zero-order valence-corrected chi connectivity index (χ0v) is 10.7. The van der Waals surface area contributed by atoms with Crippen LogP contribution in [0.3, 0.4) is 0 Å². The minimum absolute atomic E-state index is 0.118. The number of nitrogens with two attached hydrogens (primary N) is 1. The zero-order chi connectivity index (χ0) is 13.4. The predicted octanol–water partition coefficient (Wildman–Crippen LogP) is -0.411. The van der Waals surface area contributed by atoms with Gasteiger partial charge in [0.05, 0.1) is 24.5 Å². The molecule has 18 heavy (non-hydrogen) atoms. The molecule has 1 aromatic heterocycles. The van der Waals surface area contributed by atoms with Crippen molar-refractivity contribution in [2.75, 3.05) is 23.7 Å². The Morgan fingerprint density at radius 2 is 1.83 bits per heavy atom. The maximum atomic E-state index is 11.4. The average Bonchev–Trinajstić information content (AvgIpc) is 2.52. The molecule has 98 valence electrons. The van der Waals surface area contributed by atoms with Crippen molar-refractivity contribution in [1.82, 2.24) is 15.1 Å². The molecule has 7 nitrogen and oxygen atoms in total. The first-order chi connectivity index (χ1) is 8.40. The van der Waals surface area contributed by atoms with E-state index in [2.05, 4.69) is 10.4 Å². The summed E-state index contributed by atoms with van der Waals surface area (Å²) in [5.74, 6) is 0.178. The minimum Gasteiger partial charge on any atom is -0.394 e. The highest BCUT2D eigenvalue weighted by Gasteiger charge is 2.28. The van der Waals surface area contributed by atoms with Crippen LogP contribution in [0.5, 0.6) is 0 Å². The van der Waals surface area contributed by atoms with Gasteiger partial charge in [-0.2, -0.15) is 5.10 Å². The highest BCUT2D eigenvalue weighted by molar-refractivity contribution is 6.03. The van der Waals surface area contributed by atoms with E-state index in [1.54, 1.807) is 16.6 Å². The van der Waals surface area contributed by atoms with Gasteiger partial charge in [-0.3, -0.25) is 19.6 Å². The first-order valence-electron chi connectivity index (χ1n) is 5.80. The molecule has 0 aliphatic carbocycles. The molecule has 0 spiro atoms. The topological polar surface area (TPSA) is 93.2 Å². The second kappa shape index (κ2) is 4.32. The van der Waals surface area contributed by atoms with Gasteiger partial charge >= 0.3 is 0 Å². The number of nitrogen functional groups attached to an aromatic ring is 1. The van der Waals surface area contributed by atoms with Gasteiger partial charge in [-0.1, -0.05) is 13.8 Å². The van der Waals surface area contributed by atoms with Crippen molar-refractivity contribution >= 4 is 23.3 Å². The van der Waals surface area contributed by atoms with Crippen LogP contribution in [0.25, 0.3) is 0 Å². The van der Waals surface area contributed by atoms with Crippen molar-refractivity contribution in [1.29, 1.82) is 0 Å². The van der Waals surface area contributed by atoms with Crippen molar-refractivity contribution in [3.63, 3.8) is 0 Å². The summed E-state index contributed by atoms with van der Waals surface area (Å²) < 4.78 is 1.62. The highest BCUT2D eigenvalue weighted by Crippen LogP contribution is 2.30. The molecule has 2 amide bonds. The molecule has 0 saturated carbocycles. The number of hydrogen-bond acceptors (Lipinski definition) is 5. The summed E-state index contributed by atoms with van der Waals surface area (Å²) in [6, 6.07) is 0. The van der Waals surface area contributed by atoms with Crippen molar-refractivity contribution in [2.45, 2.75) is 19.8 Å². The number of carbonyl (C=O) groups excluding carboxylic acids is 2. The van der Waals surface area contributed by atoms with Crippen LogP contribution in [0.1, 0.15) is 25.5 Å². The third-order valence-electron chi connectivity index (χ3n) is 2.88. The predicted molar refractivity (Wildman–Crippen MR) is 67.1 cm³/mol. The number of nitrogens with zero attached hydrogens (tertiary/aromatic N) is 3. The van der Waals surface area contributed by atoms with Crippen molar-refractivity contribution in [3.8, 4) is 0 Å². The van der Waals surface area contributed by atoms with E-state index < -0.39 is 0 Å². The summed E-state index contributed by atoms with van der Waals surface area (Å²) in [6.07, 6.45) is 0. The molecule has 0 unspecified atom stereocenters. The molecule has 2 heterocycles. The number of rotatable bonds is 2. The van der Waals surface area contributed by atoms with E-state index in [1.807, 2.05) is 13.8 Å². The molecule has 0 atom stereocenters. The number of nitrogens with one attached hydrogen (secondary N) is 1. The molecule has 2 rings (SSSR count). The first kappa shape index (κ1) is 12.4. The summed E-state index contributed by atoms with van der Waals surface area (Å²) in [4.78, 5) is 24.4. The molecule has 3 N–H and O–H groups in total. The van der Waals surface area contributed by atoms with Crippen molar-refractivity contribution in [2.24, 2.45) is 7.05 Å². The van der Waals surface area contributed by atoms with E-state index in [9.17, 15) is 9.59 Å². The van der Waals surface area contributed by atoms with Crippen LogP contribution in [0.2, 0.25) is 0 Å². The third kappa shape index (κ3) is 2.03. The van der Waals surface area contributed by atoms with Gasteiger partial charge in [-0.15, -0.1) is 0 Å². The Balaban J connectivity index is 2.38. The Morgan fingerprint density at radius 1 is 1.28 bits per heavy atom. The highest BCUT2D eigenvalue weighted by atomic mass is 16.2. The lowest BCUT2D eigenvalue weighted by atomic mass is 10.1. The summed E-state index contributed by atoms with van der Waals surface area (Å²) in [5.41, 5.74) is 7.38. The number of aromatic nitrogens is 2. The number of hydrogen-bond donors (Lipinski definition) is 2. The zero-order valence-electron chi connectivity index (χ0n) is 10.7. The summed E-state index contributed by atoms with van der Waals surface area (Å²) in [5, 5.41) is 6.60. The number of anilines is 2. The molecule has 0 aromatic carbocycles. The molecular formula is C11H17N5O2. The summed E-state index contributed by atoms with van der Waals surface area (Å²) in [7, 11) is 1.76. The van der Waals surface area contributed by atoms with Gasteiger partial charge in [0.25, 0.3) is 0 Å². The Kier molecular flexibility index (Phi) is 2.98. The number of imide groups is 1. The lowest BCUT2D eigenvalue weighted by Crippen LogP contribution is -2.52. The molecule has 1 aromatic rings. The third-order valence-corrected chi connectivity index (χ3v) is 2.88. The van der Waals surface area contributed by atoms with Gasteiger partial charge in [0.2, 0.25) is 11.8 Å². The van der Waals surface area contributed by atoms with Crippen LogP contribution in [-0.2, 0) is 16.6 Å². The van der Waals surface area contributed by atoms with Crippen LogP contribution in [0.4, 0.5) is 11.5 Å². The molecule has 7 heteroatoms. The van der Waals surface area contributed by atoms with Crippen LogP contribution >= 0.6 is 0 Å². The number of amides is 2. The van der Waals surface area contributed by atoms with Gasteiger partial charge in [0.1, 0.15) is 0 Å². The molecule has 0 radical (unpaired) electrons. The maximum Gasteiger partial charge on any atom is 0.246 e. The van der Waals surface area contributed by atoms with E-state index in [0.717, 1.165) is 5.69 Å². The lowest BCUT2D eigenvalue weighted by Gasteiger charge is -2.27. The fraction of sp³-hybridized carbons (Fsp3) is 0.545. The van der Waals surface area contributed by atoms with E-state index in [0.29, 0.717) is 11.5 Å². The lowest BCUT2D eigenvalue weighted by molar-refractivity contribution is -0.130. The number of carbonyl (C=O) groups is 2. The minimum atomic E-state index is -0.321. The van der Waals surface area contributed by atoms with E-state index in [1.165, 1.54) is 0 Å². The maximum absolute atomic E-state index is 11.4. The average molecular weight is 251 g/mol. The van der Waals surface area contributed by atoms with Gasteiger partial charge in [0.15, 0.2) is 5.82 Å². The fourth-order valence-electron chi connectivity index (χ4n) is 2.14. The standard InChI is InChI=1S/C11H17N5O2/c1-6(2)10-9(12)11(15(3)14-10)16-4-7(17)13-8(18)5-16/h6H,4-5,12H2,1-3H3,(H,13,17,18). The molecule has 1 aliphatic rings. The Labute approximate surface area is 105 Å². The molecule has 1 aliphatic heterocycles. The second-order valence-electron chi connectivity index (χ2n) is 4.73. The Bertz CT molecular complexity index is 490. The SMILES string of the molecule is CC(C)c1nn(C)c(N2CC(=O)NC(=O)C2)c1N. The van der Waals surface area contributed by atoms with Crippen LogP contribution < -0.4 is 16.0 Å². The summed E-state index contributed by atoms with van der Waals surface area (Å²) in [6.45, 7) is 4.23. The van der Waals surface area contributed by atoms with Gasteiger partial charge in [-0.25, -0.2) is 0 Å². The van der Waals surface area contributed by atoms with Gasteiger partial charge in [-0.05, 0) is 5.92 Å². The second-order valence-corrected chi connectivity index (χ2v) is 4.73. The van der Waals surface area contributed by atoms with E-state index in [4.69, 9.17) is 5.73 Å². The molecule has 1 fully saturated rings. The van der Waals surface area contributed by atoms with E-state index >= 15 is 0 Å². The van der Waals surface area contributed by atoms with E-state index in [-0.39, 0.29) is 30.8 Å². The fourth-order valence-corrected chi connectivity index (χ4v) is 2.14. The molecule has 1 saturated heterocycles. The van der Waals surface area contributed by atoms with Crippen LogP contribution in [-0.4, -0.2) is 34.7 Å². The normalized spacial score (nSPS) is 16.3. The number of piperazine rings is 1. The quantitative estimate of drug-likeness (QED) is 0.697. The number of aryl methyl sites for hydroxylation is 1. The van der Waals surface area contributed by atoms with Crippen molar-refractivity contribution < 1.29 is 9.59 Å². The van der Waals surface area contributed by atoms with Gasteiger partial charge in [0, 0.05) is 7.05 Å². The smallest absolute Gasteiger partial charge is 0.246 e. The van der Waals surface area contributed by atoms with Crippen LogP contribution in [0, 0.1) is 0 Å². The Hall–Kier alpha value is -2.05. The monoisotopic (exact) mass is 251 g/mol. The first-order valence-corrected chi connectivity index (χ1v) is 5.80. The molecule has 0 bridgehead atoms. The van der Waals surface area contributed by atoms with Gasteiger partial charge < -0.3 is 10.6 Å². The van der Waals surface area contributed by atoms with Crippen molar-refractivity contribution in [3.05, 3.63) is 5.69 Å².